The van der Waals surface area contributed by atoms with Crippen LogP contribution in [0, 0.1) is 0 Å². The summed E-state index contributed by atoms with van der Waals surface area (Å²) in [6, 6.07) is 17.3. The second kappa shape index (κ2) is 7.96. The Morgan fingerprint density at radius 1 is 0.696 bits per heavy atom. The van der Waals surface area contributed by atoms with Crippen LogP contribution in [0.25, 0.3) is 0 Å². The zero-order valence-electron chi connectivity index (χ0n) is 13.8. The largest absolute Gasteiger partial charge is 0.297 e. The van der Waals surface area contributed by atoms with Crippen molar-refractivity contribution in [1.82, 2.24) is 9.80 Å². The average Bonchev–Trinajstić information content (AvgIpc) is 2.59. The number of rotatable bonds is 5. The van der Waals surface area contributed by atoms with Crippen LogP contribution >= 0.6 is 11.6 Å². The predicted octanol–water partition coefficient (Wildman–Crippen LogP) is 4.22. The molecule has 122 valence electrons. The van der Waals surface area contributed by atoms with Gasteiger partial charge in [0.2, 0.25) is 0 Å². The molecule has 3 heteroatoms. The molecule has 0 saturated carbocycles. The van der Waals surface area contributed by atoms with Crippen LogP contribution in [0.15, 0.2) is 48.5 Å². The van der Waals surface area contributed by atoms with Crippen molar-refractivity contribution in [2.75, 3.05) is 26.2 Å². The summed E-state index contributed by atoms with van der Waals surface area (Å²) in [6.07, 6.45) is 1.11. The summed E-state index contributed by atoms with van der Waals surface area (Å²) in [5.41, 5.74) is 4.19. The van der Waals surface area contributed by atoms with E-state index in [1.54, 1.807) is 0 Å². The van der Waals surface area contributed by atoms with E-state index < -0.39 is 0 Å². The fourth-order valence-corrected chi connectivity index (χ4v) is 3.22. The minimum atomic E-state index is 0.813. The second-order valence-electron chi connectivity index (χ2n) is 6.35. The normalized spacial score (nSPS) is 16.6. The lowest BCUT2D eigenvalue weighted by molar-refractivity contribution is 0.122. The van der Waals surface area contributed by atoms with Crippen LogP contribution in [0.3, 0.4) is 0 Å². The third kappa shape index (κ3) is 4.81. The molecule has 1 fully saturated rings. The van der Waals surface area contributed by atoms with Gasteiger partial charge in [0.15, 0.2) is 0 Å². The molecule has 2 nitrogen and oxygen atoms in total. The first-order chi connectivity index (χ1) is 11.2. The number of nitrogens with zero attached hydrogens (tertiary/aromatic N) is 2. The summed E-state index contributed by atoms with van der Waals surface area (Å²) in [7, 11) is 0. The maximum Gasteiger partial charge on any atom is 0.0406 e. The van der Waals surface area contributed by atoms with Crippen LogP contribution in [0.2, 0.25) is 5.02 Å². The molecule has 0 N–H and O–H groups in total. The first kappa shape index (κ1) is 16.5. The van der Waals surface area contributed by atoms with E-state index in [2.05, 4.69) is 53.1 Å². The van der Waals surface area contributed by atoms with Crippen molar-refractivity contribution < 1.29 is 0 Å². The molecule has 2 aromatic carbocycles. The molecule has 23 heavy (non-hydrogen) atoms. The molecule has 0 spiro atoms. The highest BCUT2D eigenvalue weighted by Crippen LogP contribution is 2.14. The Morgan fingerprint density at radius 2 is 1.09 bits per heavy atom. The lowest BCUT2D eigenvalue weighted by Gasteiger charge is -2.34. The van der Waals surface area contributed by atoms with E-state index >= 15 is 0 Å². The molecule has 0 aromatic heterocycles. The molecule has 0 bridgehead atoms. The van der Waals surface area contributed by atoms with E-state index in [4.69, 9.17) is 11.6 Å². The van der Waals surface area contributed by atoms with E-state index in [9.17, 15) is 0 Å². The summed E-state index contributed by atoms with van der Waals surface area (Å²) in [4.78, 5) is 5.08. The lowest BCUT2D eigenvalue weighted by Crippen LogP contribution is -2.45. The Bertz CT molecular complexity index is 599. The summed E-state index contributed by atoms with van der Waals surface area (Å²) < 4.78 is 0. The average molecular weight is 329 g/mol. The second-order valence-corrected chi connectivity index (χ2v) is 6.79. The number of hydrogen-bond donors (Lipinski definition) is 0. The van der Waals surface area contributed by atoms with Crippen LogP contribution < -0.4 is 0 Å². The fraction of sp³-hybridized carbons (Fsp3) is 0.400. The Labute approximate surface area is 144 Å². The minimum absolute atomic E-state index is 0.813. The molecular weight excluding hydrogens is 304 g/mol. The van der Waals surface area contributed by atoms with Crippen molar-refractivity contribution in [2.45, 2.75) is 26.4 Å². The quantitative estimate of drug-likeness (QED) is 0.810. The molecule has 0 radical (unpaired) electrons. The molecule has 0 unspecified atom stereocenters. The summed E-state index contributed by atoms with van der Waals surface area (Å²) >= 11 is 5.95. The van der Waals surface area contributed by atoms with E-state index in [-0.39, 0.29) is 0 Å². The van der Waals surface area contributed by atoms with Crippen LogP contribution in [0.1, 0.15) is 23.6 Å². The molecule has 1 aliphatic heterocycles. The van der Waals surface area contributed by atoms with Gasteiger partial charge >= 0.3 is 0 Å². The first-order valence-corrected chi connectivity index (χ1v) is 8.87. The third-order valence-electron chi connectivity index (χ3n) is 4.62. The fourth-order valence-electron chi connectivity index (χ4n) is 3.09. The monoisotopic (exact) mass is 328 g/mol. The topological polar surface area (TPSA) is 6.48 Å². The predicted molar refractivity (Wildman–Crippen MR) is 97.8 cm³/mol. The Kier molecular flexibility index (Phi) is 5.71. The molecule has 2 aromatic rings. The van der Waals surface area contributed by atoms with Crippen LogP contribution in [-0.2, 0) is 19.5 Å². The highest BCUT2D eigenvalue weighted by Gasteiger charge is 2.17. The molecule has 0 atom stereocenters. The van der Waals surface area contributed by atoms with Crippen molar-refractivity contribution in [3.8, 4) is 0 Å². The number of piperazine rings is 1. The SMILES string of the molecule is CCc1ccc(CN2CCN(Cc3ccc(Cl)cc3)CC2)cc1. The molecular formula is C20H25ClN2. The van der Waals surface area contributed by atoms with Crippen LogP contribution in [0.5, 0.6) is 0 Å². The zero-order valence-corrected chi connectivity index (χ0v) is 14.6. The van der Waals surface area contributed by atoms with Gasteiger partial charge in [-0.15, -0.1) is 0 Å². The van der Waals surface area contributed by atoms with Crippen molar-refractivity contribution in [3.63, 3.8) is 0 Å². The molecule has 3 rings (SSSR count). The zero-order chi connectivity index (χ0) is 16.1. The highest BCUT2D eigenvalue weighted by atomic mass is 35.5. The van der Waals surface area contributed by atoms with Gasteiger partial charge in [0, 0.05) is 44.3 Å². The molecule has 0 aliphatic carbocycles. The van der Waals surface area contributed by atoms with Crippen molar-refractivity contribution >= 4 is 11.6 Å². The third-order valence-corrected chi connectivity index (χ3v) is 4.87. The van der Waals surface area contributed by atoms with Crippen molar-refractivity contribution in [1.29, 1.82) is 0 Å². The smallest absolute Gasteiger partial charge is 0.0406 e. The summed E-state index contributed by atoms with van der Waals surface area (Å²) in [5.74, 6) is 0. The van der Waals surface area contributed by atoms with Gasteiger partial charge in [0.1, 0.15) is 0 Å². The van der Waals surface area contributed by atoms with Gasteiger partial charge in [-0.05, 0) is 35.2 Å². The minimum Gasteiger partial charge on any atom is -0.297 e. The van der Waals surface area contributed by atoms with Gasteiger partial charge in [-0.3, -0.25) is 9.80 Å². The van der Waals surface area contributed by atoms with Crippen LogP contribution in [0.4, 0.5) is 0 Å². The van der Waals surface area contributed by atoms with Gasteiger partial charge < -0.3 is 0 Å². The van der Waals surface area contributed by atoms with Gasteiger partial charge in [-0.2, -0.15) is 0 Å². The number of benzene rings is 2. The van der Waals surface area contributed by atoms with Crippen molar-refractivity contribution in [3.05, 3.63) is 70.2 Å². The molecule has 0 amide bonds. The Balaban J connectivity index is 1.47. The summed E-state index contributed by atoms with van der Waals surface area (Å²) in [6.45, 7) is 8.85. The first-order valence-electron chi connectivity index (χ1n) is 8.50. The number of halogens is 1. The molecule has 1 aliphatic rings. The van der Waals surface area contributed by atoms with Crippen molar-refractivity contribution in [2.24, 2.45) is 0 Å². The van der Waals surface area contributed by atoms with Gasteiger partial charge in [-0.1, -0.05) is 54.9 Å². The van der Waals surface area contributed by atoms with Gasteiger partial charge in [0.05, 0.1) is 0 Å². The summed E-state index contributed by atoms with van der Waals surface area (Å²) in [5, 5.41) is 0.813. The van der Waals surface area contributed by atoms with Crippen LogP contribution in [-0.4, -0.2) is 36.0 Å². The maximum absolute atomic E-state index is 5.95. The van der Waals surface area contributed by atoms with Gasteiger partial charge in [-0.25, -0.2) is 0 Å². The van der Waals surface area contributed by atoms with E-state index in [0.717, 1.165) is 50.7 Å². The number of aryl methyl sites for hydroxylation is 1. The highest BCUT2D eigenvalue weighted by molar-refractivity contribution is 6.30. The van der Waals surface area contributed by atoms with E-state index in [0.29, 0.717) is 0 Å². The number of hydrogen-bond acceptors (Lipinski definition) is 2. The van der Waals surface area contributed by atoms with E-state index in [1.807, 2.05) is 12.1 Å². The van der Waals surface area contributed by atoms with Gasteiger partial charge in [0.25, 0.3) is 0 Å². The standard InChI is InChI=1S/C20H25ClN2/c1-2-17-3-5-18(6-4-17)15-22-11-13-23(14-12-22)16-19-7-9-20(21)10-8-19/h3-10H,2,11-16H2,1H3. The lowest BCUT2D eigenvalue weighted by atomic mass is 10.1. The van der Waals surface area contributed by atoms with E-state index in [1.165, 1.54) is 16.7 Å². The molecule has 1 saturated heterocycles. The Hall–Kier alpha value is -1.35. The maximum atomic E-state index is 5.95. The Morgan fingerprint density at radius 3 is 1.52 bits per heavy atom. The molecule has 1 heterocycles.